The first-order valence-corrected chi connectivity index (χ1v) is 7.21. The summed E-state index contributed by atoms with van der Waals surface area (Å²) < 4.78 is 16.1. The minimum absolute atomic E-state index is 0.280. The standard InChI is InChI=1S/C16H25NO4/c1-12(2)17-9-10-19-14(4)21-16-7-5-15(6-8-16)11-20-13(3)18/h5-8,12,14,17H,9-11H2,1-4H3. The number of benzene rings is 1. The Morgan fingerprint density at radius 1 is 1.19 bits per heavy atom. The van der Waals surface area contributed by atoms with Gasteiger partial charge in [-0.15, -0.1) is 0 Å². The third kappa shape index (κ3) is 8.32. The van der Waals surface area contributed by atoms with Gasteiger partial charge in [0.2, 0.25) is 0 Å². The third-order valence-corrected chi connectivity index (χ3v) is 2.67. The molecule has 0 heterocycles. The molecular formula is C16H25NO4. The zero-order valence-corrected chi connectivity index (χ0v) is 13.2. The number of carbonyl (C=O) groups is 1. The summed E-state index contributed by atoms with van der Waals surface area (Å²) in [6.07, 6.45) is -0.307. The molecule has 0 fully saturated rings. The van der Waals surface area contributed by atoms with Crippen LogP contribution in [0.15, 0.2) is 24.3 Å². The van der Waals surface area contributed by atoms with Crippen LogP contribution in [-0.4, -0.2) is 31.5 Å². The molecule has 5 nitrogen and oxygen atoms in total. The Bertz CT molecular complexity index is 417. The highest BCUT2D eigenvalue weighted by Gasteiger charge is 2.04. The molecule has 0 radical (unpaired) electrons. The molecule has 0 aliphatic carbocycles. The Morgan fingerprint density at radius 3 is 2.43 bits per heavy atom. The second-order valence-corrected chi connectivity index (χ2v) is 5.09. The predicted octanol–water partition coefficient (Wildman–Crippen LogP) is 2.49. The Kier molecular flexibility index (Phi) is 7.79. The maximum absolute atomic E-state index is 10.7. The number of esters is 1. The predicted molar refractivity (Wildman–Crippen MR) is 81.1 cm³/mol. The fourth-order valence-corrected chi connectivity index (χ4v) is 1.65. The lowest BCUT2D eigenvalue weighted by atomic mass is 10.2. The van der Waals surface area contributed by atoms with E-state index in [1.807, 2.05) is 31.2 Å². The average Bonchev–Trinajstić information content (AvgIpc) is 2.42. The van der Waals surface area contributed by atoms with E-state index in [9.17, 15) is 4.79 Å². The van der Waals surface area contributed by atoms with Crippen molar-refractivity contribution in [1.82, 2.24) is 5.32 Å². The van der Waals surface area contributed by atoms with Crippen LogP contribution in [-0.2, 0) is 20.9 Å². The van der Waals surface area contributed by atoms with E-state index in [0.717, 1.165) is 17.9 Å². The summed E-state index contributed by atoms with van der Waals surface area (Å²) in [4.78, 5) is 10.7. The van der Waals surface area contributed by atoms with Gasteiger partial charge in [0.15, 0.2) is 6.29 Å². The van der Waals surface area contributed by atoms with Crippen LogP contribution in [0.4, 0.5) is 0 Å². The van der Waals surface area contributed by atoms with Gasteiger partial charge in [0, 0.05) is 19.5 Å². The van der Waals surface area contributed by atoms with Crippen molar-refractivity contribution in [1.29, 1.82) is 0 Å². The van der Waals surface area contributed by atoms with Gasteiger partial charge in [0.05, 0.1) is 6.61 Å². The minimum Gasteiger partial charge on any atom is -0.465 e. The molecule has 118 valence electrons. The number of nitrogens with one attached hydrogen (secondary N) is 1. The van der Waals surface area contributed by atoms with Crippen LogP contribution in [0.5, 0.6) is 5.75 Å². The molecule has 1 unspecified atom stereocenters. The number of rotatable bonds is 9. The van der Waals surface area contributed by atoms with Gasteiger partial charge in [-0.25, -0.2) is 0 Å². The fraction of sp³-hybridized carbons (Fsp3) is 0.562. The van der Waals surface area contributed by atoms with Crippen molar-refractivity contribution in [2.45, 2.75) is 46.6 Å². The molecule has 1 N–H and O–H groups in total. The molecule has 5 heteroatoms. The Balaban J connectivity index is 2.29. The average molecular weight is 295 g/mol. The zero-order chi connectivity index (χ0) is 15.7. The van der Waals surface area contributed by atoms with Gasteiger partial charge in [-0.05, 0) is 24.6 Å². The second-order valence-electron chi connectivity index (χ2n) is 5.09. The van der Waals surface area contributed by atoms with Gasteiger partial charge in [-0.1, -0.05) is 26.0 Å². The maximum Gasteiger partial charge on any atom is 0.302 e. The van der Waals surface area contributed by atoms with Crippen LogP contribution < -0.4 is 10.1 Å². The summed E-state index contributed by atoms with van der Waals surface area (Å²) in [5.41, 5.74) is 0.923. The van der Waals surface area contributed by atoms with Crippen molar-refractivity contribution in [2.24, 2.45) is 0 Å². The van der Waals surface area contributed by atoms with E-state index in [4.69, 9.17) is 14.2 Å². The molecule has 0 amide bonds. The van der Waals surface area contributed by atoms with Crippen LogP contribution in [0.1, 0.15) is 33.3 Å². The maximum atomic E-state index is 10.7. The highest BCUT2D eigenvalue weighted by atomic mass is 16.7. The minimum atomic E-state index is -0.307. The lowest BCUT2D eigenvalue weighted by Crippen LogP contribution is -2.29. The smallest absolute Gasteiger partial charge is 0.302 e. The molecule has 1 aromatic carbocycles. The first-order chi connectivity index (χ1) is 9.97. The SMILES string of the molecule is CC(=O)OCc1ccc(OC(C)OCCNC(C)C)cc1. The topological polar surface area (TPSA) is 56.8 Å². The summed E-state index contributed by atoms with van der Waals surface area (Å²) in [5, 5.41) is 3.27. The molecule has 0 saturated heterocycles. The molecule has 0 aliphatic rings. The normalized spacial score (nSPS) is 12.2. The number of hydrogen-bond acceptors (Lipinski definition) is 5. The van der Waals surface area contributed by atoms with E-state index in [1.54, 1.807) is 0 Å². The van der Waals surface area contributed by atoms with E-state index in [1.165, 1.54) is 6.92 Å². The van der Waals surface area contributed by atoms with Gasteiger partial charge in [-0.3, -0.25) is 4.79 Å². The second kappa shape index (κ2) is 9.37. The summed E-state index contributed by atoms with van der Waals surface area (Å²) in [6.45, 7) is 9.13. The summed E-state index contributed by atoms with van der Waals surface area (Å²) in [7, 11) is 0. The van der Waals surface area contributed by atoms with E-state index in [2.05, 4.69) is 19.2 Å². The highest BCUT2D eigenvalue weighted by Crippen LogP contribution is 2.14. The van der Waals surface area contributed by atoms with Gasteiger partial charge < -0.3 is 19.5 Å². The van der Waals surface area contributed by atoms with Gasteiger partial charge in [-0.2, -0.15) is 0 Å². The van der Waals surface area contributed by atoms with Crippen LogP contribution >= 0.6 is 0 Å². The van der Waals surface area contributed by atoms with Crippen LogP contribution in [0.2, 0.25) is 0 Å². The molecular weight excluding hydrogens is 270 g/mol. The number of carbonyl (C=O) groups excluding carboxylic acids is 1. The van der Waals surface area contributed by atoms with E-state index < -0.39 is 0 Å². The molecule has 1 rings (SSSR count). The molecule has 21 heavy (non-hydrogen) atoms. The van der Waals surface area contributed by atoms with Crippen molar-refractivity contribution >= 4 is 5.97 Å². The lowest BCUT2D eigenvalue weighted by Gasteiger charge is -2.16. The molecule has 0 aromatic heterocycles. The lowest BCUT2D eigenvalue weighted by molar-refractivity contribution is -0.142. The van der Waals surface area contributed by atoms with Crippen LogP contribution in [0.3, 0.4) is 0 Å². The molecule has 1 aromatic rings. The molecule has 0 spiro atoms. The molecule has 1 atom stereocenters. The highest BCUT2D eigenvalue weighted by molar-refractivity contribution is 5.65. The fourth-order valence-electron chi connectivity index (χ4n) is 1.65. The number of hydrogen-bond donors (Lipinski definition) is 1. The monoisotopic (exact) mass is 295 g/mol. The number of ether oxygens (including phenoxy) is 3. The third-order valence-electron chi connectivity index (χ3n) is 2.67. The largest absolute Gasteiger partial charge is 0.465 e. The van der Waals surface area contributed by atoms with Gasteiger partial charge in [0.1, 0.15) is 12.4 Å². The van der Waals surface area contributed by atoms with Crippen molar-refractivity contribution in [2.75, 3.05) is 13.2 Å². The van der Waals surface area contributed by atoms with Gasteiger partial charge >= 0.3 is 5.97 Å². The van der Waals surface area contributed by atoms with E-state index in [-0.39, 0.29) is 18.9 Å². The quantitative estimate of drug-likeness (QED) is 0.431. The molecule has 0 bridgehead atoms. The first kappa shape index (κ1) is 17.5. The van der Waals surface area contributed by atoms with Crippen LogP contribution in [0, 0.1) is 0 Å². The molecule has 0 aliphatic heterocycles. The van der Waals surface area contributed by atoms with Crippen molar-refractivity contribution in [3.8, 4) is 5.75 Å². The van der Waals surface area contributed by atoms with Crippen molar-refractivity contribution < 1.29 is 19.0 Å². The Hall–Kier alpha value is -1.59. The van der Waals surface area contributed by atoms with Gasteiger partial charge in [0.25, 0.3) is 0 Å². The Labute approximate surface area is 126 Å². The van der Waals surface area contributed by atoms with Crippen LogP contribution in [0.25, 0.3) is 0 Å². The van der Waals surface area contributed by atoms with E-state index in [0.29, 0.717) is 12.6 Å². The molecule has 0 saturated carbocycles. The zero-order valence-electron chi connectivity index (χ0n) is 13.2. The summed E-state index contributed by atoms with van der Waals surface area (Å²) >= 11 is 0. The summed E-state index contributed by atoms with van der Waals surface area (Å²) in [5.74, 6) is 0.443. The Morgan fingerprint density at radius 2 is 1.86 bits per heavy atom. The van der Waals surface area contributed by atoms with Crippen molar-refractivity contribution in [3.63, 3.8) is 0 Å². The van der Waals surface area contributed by atoms with Crippen molar-refractivity contribution in [3.05, 3.63) is 29.8 Å². The first-order valence-electron chi connectivity index (χ1n) is 7.21. The van der Waals surface area contributed by atoms with E-state index >= 15 is 0 Å². The summed E-state index contributed by atoms with van der Waals surface area (Å²) in [6, 6.07) is 7.86.